The van der Waals surface area contributed by atoms with Crippen molar-refractivity contribution in [2.75, 3.05) is 0 Å². The fourth-order valence-corrected chi connectivity index (χ4v) is 2.79. The van der Waals surface area contributed by atoms with Crippen LogP contribution in [-0.2, 0) is 6.54 Å². The smallest absolute Gasteiger partial charge is 0.137 e. The number of nitrogens with zero attached hydrogens (tertiary/aromatic N) is 2. The fraction of sp³-hybridized carbons (Fsp3) is 0.533. The van der Waals surface area contributed by atoms with Gasteiger partial charge in [0.1, 0.15) is 5.65 Å². The lowest BCUT2D eigenvalue weighted by Gasteiger charge is -2.26. The number of nitrogens with one attached hydrogen (secondary N) is 1. The van der Waals surface area contributed by atoms with Crippen LogP contribution in [0.2, 0.25) is 0 Å². The predicted octanol–water partition coefficient (Wildman–Crippen LogP) is 3.00. The van der Waals surface area contributed by atoms with Crippen LogP contribution in [0.15, 0.2) is 30.6 Å². The second-order valence-corrected chi connectivity index (χ2v) is 5.54. The fourth-order valence-electron chi connectivity index (χ4n) is 2.79. The van der Waals surface area contributed by atoms with Crippen molar-refractivity contribution in [3.8, 4) is 0 Å². The summed E-state index contributed by atoms with van der Waals surface area (Å²) in [7, 11) is 0. The molecule has 0 aliphatic heterocycles. The molecule has 1 aliphatic carbocycles. The molecule has 0 bridgehead atoms. The molecule has 0 aromatic carbocycles. The van der Waals surface area contributed by atoms with Gasteiger partial charge in [0.25, 0.3) is 0 Å². The van der Waals surface area contributed by atoms with E-state index in [1.165, 1.54) is 25.7 Å². The lowest BCUT2D eigenvalue weighted by Crippen LogP contribution is -2.32. The maximum Gasteiger partial charge on any atom is 0.137 e. The Kier molecular flexibility index (Phi) is 3.33. The first-order valence-electron chi connectivity index (χ1n) is 6.97. The van der Waals surface area contributed by atoms with Gasteiger partial charge in [0.15, 0.2) is 0 Å². The van der Waals surface area contributed by atoms with Gasteiger partial charge in [-0.25, -0.2) is 4.98 Å². The van der Waals surface area contributed by atoms with Crippen molar-refractivity contribution >= 4 is 5.65 Å². The summed E-state index contributed by atoms with van der Waals surface area (Å²) in [6.07, 6.45) is 9.52. The number of rotatable bonds is 3. The lowest BCUT2D eigenvalue weighted by molar-refractivity contribution is 0.306. The first kappa shape index (κ1) is 11.7. The summed E-state index contributed by atoms with van der Waals surface area (Å²) in [5.74, 6) is 0.915. The second kappa shape index (κ2) is 5.11. The third kappa shape index (κ3) is 2.56. The van der Waals surface area contributed by atoms with Gasteiger partial charge in [-0.05, 0) is 43.7 Å². The van der Waals surface area contributed by atoms with Gasteiger partial charge < -0.3 is 9.72 Å². The van der Waals surface area contributed by atoms with Crippen LogP contribution in [0.5, 0.6) is 0 Å². The first-order valence-corrected chi connectivity index (χ1v) is 6.97. The van der Waals surface area contributed by atoms with Crippen LogP contribution in [0, 0.1) is 5.92 Å². The third-order valence-electron chi connectivity index (χ3n) is 4.00. The summed E-state index contributed by atoms with van der Waals surface area (Å²) in [5, 5.41) is 3.64. The normalized spacial score (nSPS) is 24.5. The Morgan fingerprint density at radius 3 is 2.89 bits per heavy atom. The van der Waals surface area contributed by atoms with E-state index >= 15 is 0 Å². The van der Waals surface area contributed by atoms with Gasteiger partial charge in [-0.15, -0.1) is 0 Å². The minimum Gasteiger partial charge on any atom is -0.308 e. The van der Waals surface area contributed by atoms with Crippen molar-refractivity contribution in [3.05, 3.63) is 36.3 Å². The van der Waals surface area contributed by atoms with Crippen LogP contribution in [0.1, 0.15) is 38.3 Å². The van der Waals surface area contributed by atoms with Gasteiger partial charge in [-0.3, -0.25) is 0 Å². The van der Waals surface area contributed by atoms with Crippen LogP contribution in [-0.4, -0.2) is 15.4 Å². The molecule has 1 fully saturated rings. The van der Waals surface area contributed by atoms with E-state index in [0.717, 1.165) is 23.8 Å². The number of hydrogen-bond acceptors (Lipinski definition) is 2. The van der Waals surface area contributed by atoms with Gasteiger partial charge in [0.05, 0.1) is 5.69 Å². The van der Waals surface area contributed by atoms with Crippen molar-refractivity contribution < 1.29 is 0 Å². The van der Waals surface area contributed by atoms with E-state index < -0.39 is 0 Å². The van der Waals surface area contributed by atoms with Crippen LogP contribution in [0.3, 0.4) is 0 Å². The lowest BCUT2D eigenvalue weighted by atomic mass is 9.87. The van der Waals surface area contributed by atoms with E-state index in [-0.39, 0.29) is 0 Å². The molecular weight excluding hydrogens is 222 g/mol. The van der Waals surface area contributed by atoms with E-state index in [0.29, 0.717) is 6.04 Å². The van der Waals surface area contributed by atoms with Crippen LogP contribution in [0.25, 0.3) is 5.65 Å². The molecule has 0 atom stereocenters. The van der Waals surface area contributed by atoms with Gasteiger partial charge in [0.2, 0.25) is 0 Å². The Morgan fingerprint density at radius 1 is 1.28 bits per heavy atom. The molecule has 2 aromatic heterocycles. The van der Waals surface area contributed by atoms with Crippen molar-refractivity contribution in [3.63, 3.8) is 0 Å². The van der Waals surface area contributed by atoms with Crippen LogP contribution >= 0.6 is 0 Å². The molecule has 3 heteroatoms. The van der Waals surface area contributed by atoms with Crippen LogP contribution in [0.4, 0.5) is 0 Å². The summed E-state index contributed by atoms with van der Waals surface area (Å²) in [6.45, 7) is 3.25. The summed E-state index contributed by atoms with van der Waals surface area (Å²) in [5.41, 5.74) is 2.17. The third-order valence-corrected chi connectivity index (χ3v) is 4.00. The maximum absolute atomic E-state index is 4.61. The average molecular weight is 243 g/mol. The van der Waals surface area contributed by atoms with Gasteiger partial charge in [0, 0.05) is 25.0 Å². The second-order valence-electron chi connectivity index (χ2n) is 5.54. The van der Waals surface area contributed by atoms with Crippen LogP contribution < -0.4 is 5.32 Å². The highest BCUT2D eigenvalue weighted by Gasteiger charge is 2.17. The van der Waals surface area contributed by atoms with Crippen molar-refractivity contribution in [1.82, 2.24) is 14.7 Å². The number of hydrogen-bond donors (Lipinski definition) is 1. The Balaban J connectivity index is 1.59. The molecule has 0 amide bonds. The minimum absolute atomic E-state index is 0.686. The zero-order valence-corrected chi connectivity index (χ0v) is 11.0. The average Bonchev–Trinajstić information content (AvgIpc) is 2.81. The minimum atomic E-state index is 0.686. The molecule has 0 saturated heterocycles. The van der Waals surface area contributed by atoms with E-state index in [1.54, 1.807) is 0 Å². The van der Waals surface area contributed by atoms with E-state index in [9.17, 15) is 0 Å². The molecule has 2 heterocycles. The number of fused-ring (bicyclic) bond motifs is 1. The number of pyridine rings is 1. The largest absolute Gasteiger partial charge is 0.308 e. The predicted molar refractivity (Wildman–Crippen MR) is 73.5 cm³/mol. The standard InChI is InChI=1S/C15H21N3/c1-12-5-7-13(8-6-12)16-10-14-11-18-9-3-2-4-15(18)17-14/h2-4,9,11-13,16H,5-8,10H2,1H3. The first-order chi connectivity index (χ1) is 8.81. The SMILES string of the molecule is CC1CCC(NCc2cn3ccccc3n2)CC1. The highest BCUT2D eigenvalue weighted by Crippen LogP contribution is 2.23. The topological polar surface area (TPSA) is 29.3 Å². The molecule has 1 saturated carbocycles. The maximum atomic E-state index is 4.61. The quantitative estimate of drug-likeness (QED) is 0.898. The monoisotopic (exact) mass is 243 g/mol. The van der Waals surface area contributed by atoms with E-state index in [1.807, 2.05) is 24.4 Å². The van der Waals surface area contributed by atoms with E-state index in [2.05, 4.69) is 27.8 Å². The molecule has 3 rings (SSSR count). The molecule has 0 unspecified atom stereocenters. The highest BCUT2D eigenvalue weighted by molar-refractivity contribution is 5.39. The summed E-state index contributed by atoms with van der Waals surface area (Å²) >= 11 is 0. The summed E-state index contributed by atoms with van der Waals surface area (Å²) < 4.78 is 2.08. The van der Waals surface area contributed by atoms with Crippen molar-refractivity contribution in [2.24, 2.45) is 5.92 Å². The number of aromatic nitrogens is 2. The molecule has 18 heavy (non-hydrogen) atoms. The van der Waals surface area contributed by atoms with Crippen molar-refractivity contribution in [2.45, 2.75) is 45.2 Å². The number of imidazole rings is 1. The molecule has 3 nitrogen and oxygen atoms in total. The molecule has 2 aromatic rings. The van der Waals surface area contributed by atoms with Crippen molar-refractivity contribution in [1.29, 1.82) is 0 Å². The molecule has 1 aliphatic rings. The van der Waals surface area contributed by atoms with Gasteiger partial charge in [-0.2, -0.15) is 0 Å². The Bertz CT molecular complexity index is 476. The Morgan fingerprint density at radius 2 is 2.11 bits per heavy atom. The molecular formula is C15H21N3. The molecule has 96 valence electrons. The summed E-state index contributed by atoms with van der Waals surface area (Å²) in [6, 6.07) is 6.80. The molecule has 1 N–H and O–H groups in total. The Hall–Kier alpha value is -1.35. The molecule has 0 radical (unpaired) electrons. The van der Waals surface area contributed by atoms with Gasteiger partial charge >= 0.3 is 0 Å². The zero-order chi connectivity index (χ0) is 12.4. The Labute approximate surface area is 108 Å². The summed E-state index contributed by atoms with van der Waals surface area (Å²) in [4.78, 5) is 4.61. The van der Waals surface area contributed by atoms with Gasteiger partial charge in [-0.1, -0.05) is 13.0 Å². The van der Waals surface area contributed by atoms with E-state index in [4.69, 9.17) is 0 Å². The zero-order valence-electron chi connectivity index (χ0n) is 11.0. The highest BCUT2D eigenvalue weighted by atomic mass is 15.0. The molecule has 0 spiro atoms.